The van der Waals surface area contributed by atoms with Gasteiger partial charge in [-0.3, -0.25) is 9.69 Å². The molecule has 0 bridgehead atoms. The Morgan fingerprint density at radius 2 is 1.70 bits per heavy atom. The molecule has 1 aromatic rings. The van der Waals surface area contributed by atoms with Crippen LogP contribution in [0.3, 0.4) is 0 Å². The molecule has 20 heavy (non-hydrogen) atoms. The lowest BCUT2D eigenvalue weighted by molar-refractivity contribution is 0.0865. The third-order valence-electron chi connectivity index (χ3n) is 3.67. The summed E-state index contributed by atoms with van der Waals surface area (Å²) in [5, 5.41) is 0. The van der Waals surface area contributed by atoms with Crippen LogP contribution in [0.4, 0.5) is 0 Å². The summed E-state index contributed by atoms with van der Waals surface area (Å²) in [5.74, 6) is 0.267. The van der Waals surface area contributed by atoms with E-state index < -0.39 is 0 Å². The van der Waals surface area contributed by atoms with Gasteiger partial charge in [-0.1, -0.05) is 44.2 Å². The van der Waals surface area contributed by atoms with Gasteiger partial charge in [-0.25, -0.2) is 0 Å². The zero-order valence-corrected chi connectivity index (χ0v) is 13.5. The SMILES string of the molecule is CCN(CC(C)C(=O)c1ccccc1)C(C)CN(C)C. The highest BCUT2D eigenvalue weighted by Crippen LogP contribution is 2.12. The summed E-state index contributed by atoms with van der Waals surface area (Å²) in [7, 11) is 4.17. The number of benzene rings is 1. The maximum Gasteiger partial charge on any atom is 0.166 e. The lowest BCUT2D eigenvalue weighted by Crippen LogP contribution is -2.43. The number of hydrogen-bond donors (Lipinski definition) is 0. The maximum absolute atomic E-state index is 12.4. The molecule has 0 amide bonds. The van der Waals surface area contributed by atoms with Crippen molar-refractivity contribution in [1.29, 1.82) is 0 Å². The maximum atomic E-state index is 12.4. The minimum atomic E-state index is 0.0296. The van der Waals surface area contributed by atoms with Gasteiger partial charge in [-0.05, 0) is 27.6 Å². The normalized spacial score (nSPS) is 14.6. The zero-order chi connectivity index (χ0) is 15.1. The van der Waals surface area contributed by atoms with Crippen molar-refractivity contribution >= 4 is 5.78 Å². The predicted molar refractivity (Wildman–Crippen MR) is 85.2 cm³/mol. The standard InChI is InChI=1S/C17H28N2O/c1-6-19(15(3)13-18(4)5)12-14(2)17(20)16-10-8-7-9-11-16/h7-11,14-15H,6,12-13H2,1-5H3. The fraction of sp³-hybridized carbons (Fsp3) is 0.588. The Bertz CT molecular complexity index is 403. The smallest absolute Gasteiger partial charge is 0.166 e. The van der Waals surface area contributed by atoms with Gasteiger partial charge < -0.3 is 4.90 Å². The Balaban J connectivity index is 2.63. The number of likely N-dealkylation sites (N-methyl/N-ethyl adjacent to an activating group) is 2. The van der Waals surface area contributed by atoms with Crippen LogP contribution in [0.25, 0.3) is 0 Å². The van der Waals surface area contributed by atoms with Crippen LogP contribution in [0.15, 0.2) is 30.3 Å². The molecule has 1 rings (SSSR count). The van der Waals surface area contributed by atoms with Crippen molar-refractivity contribution < 1.29 is 4.79 Å². The van der Waals surface area contributed by atoms with E-state index in [9.17, 15) is 4.79 Å². The number of nitrogens with zero attached hydrogens (tertiary/aromatic N) is 2. The lowest BCUT2D eigenvalue weighted by Gasteiger charge is -2.31. The molecular formula is C17H28N2O. The summed E-state index contributed by atoms with van der Waals surface area (Å²) in [6.07, 6.45) is 0. The number of rotatable bonds is 8. The Morgan fingerprint density at radius 3 is 2.20 bits per heavy atom. The summed E-state index contributed by atoms with van der Waals surface area (Å²) < 4.78 is 0. The zero-order valence-electron chi connectivity index (χ0n) is 13.5. The molecule has 0 aliphatic carbocycles. The number of hydrogen-bond acceptors (Lipinski definition) is 3. The monoisotopic (exact) mass is 276 g/mol. The highest BCUT2D eigenvalue weighted by atomic mass is 16.1. The van der Waals surface area contributed by atoms with E-state index in [0.717, 1.165) is 25.2 Å². The Labute approximate surface area is 123 Å². The van der Waals surface area contributed by atoms with Gasteiger partial charge in [0.15, 0.2) is 5.78 Å². The quantitative estimate of drug-likeness (QED) is 0.682. The first-order chi connectivity index (χ1) is 9.45. The van der Waals surface area contributed by atoms with Gasteiger partial charge in [0.2, 0.25) is 0 Å². The first kappa shape index (κ1) is 16.9. The van der Waals surface area contributed by atoms with Crippen LogP contribution >= 0.6 is 0 Å². The fourth-order valence-electron chi connectivity index (χ4n) is 2.59. The minimum Gasteiger partial charge on any atom is -0.308 e. The highest BCUT2D eigenvalue weighted by Gasteiger charge is 2.21. The van der Waals surface area contributed by atoms with Crippen LogP contribution in [0.2, 0.25) is 0 Å². The molecule has 0 N–H and O–H groups in total. The first-order valence-electron chi connectivity index (χ1n) is 7.43. The van der Waals surface area contributed by atoms with Gasteiger partial charge in [0.25, 0.3) is 0 Å². The van der Waals surface area contributed by atoms with E-state index in [1.54, 1.807) is 0 Å². The molecule has 0 fully saturated rings. The number of carbonyl (C=O) groups excluding carboxylic acids is 1. The summed E-state index contributed by atoms with van der Waals surface area (Å²) in [5.41, 5.74) is 0.816. The lowest BCUT2D eigenvalue weighted by atomic mass is 9.98. The van der Waals surface area contributed by atoms with E-state index in [0.29, 0.717) is 6.04 Å². The molecule has 0 saturated carbocycles. The fourth-order valence-corrected chi connectivity index (χ4v) is 2.59. The topological polar surface area (TPSA) is 23.6 Å². The average molecular weight is 276 g/mol. The van der Waals surface area contributed by atoms with Gasteiger partial charge in [-0.2, -0.15) is 0 Å². The molecule has 0 radical (unpaired) electrons. The number of carbonyl (C=O) groups is 1. The molecule has 0 aliphatic heterocycles. The van der Waals surface area contributed by atoms with Crippen molar-refractivity contribution in [2.24, 2.45) is 5.92 Å². The third kappa shape index (κ3) is 5.06. The molecule has 112 valence electrons. The van der Waals surface area contributed by atoms with E-state index >= 15 is 0 Å². The second-order valence-electron chi connectivity index (χ2n) is 5.83. The van der Waals surface area contributed by atoms with Gasteiger partial charge >= 0.3 is 0 Å². The molecule has 2 unspecified atom stereocenters. The van der Waals surface area contributed by atoms with Crippen molar-refractivity contribution in [2.45, 2.75) is 26.8 Å². The Hall–Kier alpha value is -1.19. The van der Waals surface area contributed by atoms with Crippen LogP contribution in [0.5, 0.6) is 0 Å². The Kier molecular flexibility index (Phi) is 6.89. The Morgan fingerprint density at radius 1 is 1.10 bits per heavy atom. The highest BCUT2D eigenvalue weighted by molar-refractivity contribution is 5.97. The average Bonchev–Trinajstić information content (AvgIpc) is 2.43. The molecule has 1 aromatic carbocycles. The van der Waals surface area contributed by atoms with Gasteiger partial charge in [0, 0.05) is 30.6 Å². The number of ketones is 1. The molecule has 0 spiro atoms. The third-order valence-corrected chi connectivity index (χ3v) is 3.67. The van der Waals surface area contributed by atoms with Crippen molar-refractivity contribution in [3.63, 3.8) is 0 Å². The minimum absolute atomic E-state index is 0.0296. The molecule has 0 saturated heterocycles. The van der Waals surface area contributed by atoms with Gasteiger partial charge in [0.05, 0.1) is 0 Å². The van der Waals surface area contributed by atoms with Crippen molar-refractivity contribution in [3.05, 3.63) is 35.9 Å². The number of Topliss-reactive ketones (excluding diaryl/α,β-unsaturated/α-hetero) is 1. The summed E-state index contributed by atoms with van der Waals surface area (Å²) >= 11 is 0. The largest absolute Gasteiger partial charge is 0.308 e. The summed E-state index contributed by atoms with van der Waals surface area (Å²) in [4.78, 5) is 17.0. The van der Waals surface area contributed by atoms with Crippen LogP contribution < -0.4 is 0 Å². The van der Waals surface area contributed by atoms with Crippen molar-refractivity contribution in [2.75, 3.05) is 33.7 Å². The van der Waals surface area contributed by atoms with E-state index in [4.69, 9.17) is 0 Å². The summed E-state index contributed by atoms with van der Waals surface area (Å²) in [6.45, 7) is 9.22. The van der Waals surface area contributed by atoms with E-state index in [1.807, 2.05) is 37.3 Å². The van der Waals surface area contributed by atoms with E-state index in [1.165, 1.54) is 0 Å². The van der Waals surface area contributed by atoms with Crippen LogP contribution in [-0.4, -0.2) is 55.4 Å². The predicted octanol–water partition coefficient (Wildman–Crippen LogP) is 2.78. The molecule has 0 aliphatic rings. The van der Waals surface area contributed by atoms with Crippen LogP contribution in [0.1, 0.15) is 31.1 Å². The van der Waals surface area contributed by atoms with Crippen molar-refractivity contribution in [3.8, 4) is 0 Å². The summed E-state index contributed by atoms with van der Waals surface area (Å²) in [6, 6.07) is 10.1. The molecule has 2 atom stereocenters. The molecule has 0 aromatic heterocycles. The van der Waals surface area contributed by atoms with Crippen LogP contribution in [-0.2, 0) is 0 Å². The molecule has 0 heterocycles. The van der Waals surface area contributed by atoms with Gasteiger partial charge in [-0.15, -0.1) is 0 Å². The molecule has 3 heteroatoms. The van der Waals surface area contributed by atoms with E-state index in [-0.39, 0.29) is 11.7 Å². The molecular weight excluding hydrogens is 248 g/mol. The van der Waals surface area contributed by atoms with E-state index in [2.05, 4.69) is 37.7 Å². The van der Waals surface area contributed by atoms with Crippen LogP contribution in [0, 0.1) is 5.92 Å². The second-order valence-corrected chi connectivity index (χ2v) is 5.83. The first-order valence-corrected chi connectivity index (χ1v) is 7.43. The molecule has 3 nitrogen and oxygen atoms in total. The van der Waals surface area contributed by atoms with Crippen molar-refractivity contribution in [1.82, 2.24) is 9.80 Å². The van der Waals surface area contributed by atoms with Gasteiger partial charge in [0.1, 0.15) is 0 Å². The second kappa shape index (κ2) is 8.18.